The highest BCUT2D eigenvalue weighted by molar-refractivity contribution is 5.13. The minimum absolute atomic E-state index is 0.101. The van der Waals surface area contributed by atoms with Gasteiger partial charge in [0.05, 0.1) is 12.3 Å². The summed E-state index contributed by atoms with van der Waals surface area (Å²) in [4.78, 5) is 4.15. The lowest BCUT2D eigenvalue weighted by Gasteiger charge is -2.52. The van der Waals surface area contributed by atoms with Gasteiger partial charge in [0, 0.05) is 37.5 Å². The molecule has 2 N–H and O–H groups in total. The van der Waals surface area contributed by atoms with Crippen LogP contribution in [0.3, 0.4) is 0 Å². The Hall–Kier alpha value is -1.72. The monoisotopic (exact) mass is 315 g/mol. The Morgan fingerprint density at radius 2 is 2.30 bits per heavy atom. The first-order valence-corrected chi connectivity index (χ1v) is 8.27. The summed E-state index contributed by atoms with van der Waals surface area (Å²) in [6.45, 7) is 5.59. The second-order valence-electron chi connectivity index (χ2n) is 7.01. The van der Waals surface area contributed by atoms with Crippen LogP contribution in [-0.4, -0.2) is 27.9 Å². The molecule has 0 bridgehead atoms. The van der Waals surface area contributed by atoms with Gasteiger partial charge in [-0.3, -0.25) is 4.98 Å². The lowest BCUT2D eigenvalue weighted by atomic mass is 9.57. The van der Waals surface area contributed by atoms with Gasteiger partial charge in [-0.25, -0.2) is 0 Å². The van der Waals surface area contributed by atoms with Crippen LogP contribution >= 0.6 is 0 Å². The molecule has 1 fully saturated rings. The highest BCUT2D eigenvalue weighted by atomic mass is 16.5. The van der Waals surface area contributed by atoms with Gasteiger partial charge in [-0.05, 0) is 35.8 Å². The van der Waals surface area contributed by atoms with Crippen molar-refractivity contribution < 1.29 is 9.63 Å². The van der Waals surface area contributed by atoms with Gasteiger partial charge in [0.1, 0.15) is 5.76 Å². The largest absolute Gasteiger partial charge is 0.396 e. The molecule has 0 aromatic carbocycles. The quantitative estimate of drug-likeness (QED) is 0.820. The van der Waals surface area contributed by atoms with Crippen LogP contribution in [0.5, 0.6) is 0 Å². The van der Waals surface area contributed by atoms with Gasteiger partial charge < -0.3 is 14.9 Å². The van der Waals surface area contributed by atoms with Gasteiger partial charge in [-0.15, -0.1) is 0 Å². The van der Waals surface area contributed by atoms with Crippen LogP contribution in [-0.2, 0) is 19.4 Å². The maximum Gasteiger partial charge on any atom is 0.139 e. The molecule has 1 aliphatic carbocycles. The topological polar surface area (TPSA) is 71.2 Å². The highest BCUT2D eigenvalue weighted by Crippen LogP contribution is 2.47. The predicted molar refractivity (Wildman–Crippen MR) is 87.7 cm³/mol. The number of rotatable bonds is 7. The van der Waals surface area contributed by atoms with E-state index in [9.17, 15) is 0 Å². The summed E-state index contributed by atoms with van der Waals surface area (Å²) in [5, 5.41) is 16.7. The van der Waals surface area contributed by atoms with Crippen LogP contribution in [0.15, 0.2) is 35.1 Å². The summed E-state index contributed by atoms with van der Waals surface area (Å²) >= 11 is 0. The SMILES string of the molecule is CC1(C)[C@H](Cc2cc(CCO)on2)C[C@@H]1NCc1cccnc1. The molecule has 2 heterocycles. The Labute approximate surface area is 137 Å². The normalized spacial score (nSPS) is 22.7. The number of nitrogens with zero attached hydrogens (tertiary/aromatic N) is 2. The third-order valence-corrected chi connectivity index (χ3v) is 5.17. The van der Waals surface area contributed by atoms with Gasteiger partial charge in [0.2, 0.25) is 0 Å². The summed E-state index contributed by atoms with van der Waals surface area (Å²) in [6.07, 6.45) is 6.34. The number of aliphatic hydroxyl groups is 1. The highest BCUT2D eigenvalue weighted by Gasteiger charge is 2.47. The van der Waals surface area contributed by atoms with Crippen molar-refractivity contribution in [1.82, 2.24) is 15.5 Å². The van der Waals surface area contributed by atoms with E-state index in [0.717, 1.165) is 30.8 Å². The van der Waals surface area contributed by atoms with E-state index < -0.39 is 0 Å². The van der Waals surface area contributed by atoms with Crippen molar-refractivity contribution in [3.05, 3.63) is 47.6 Å². The molecule has 0 aliphatic heterocycles. The van der Waals surface area contributed by atoms with Crippen LogP contribution < -0.4 is 5.32 Å². The van der Waals surface area contributed by atoms with Crippen molar-refractivity contribution in [2.75, 3.05) is 6.61 Å². The fourth-order valence-electron chi connectivity index (χ4n) is 3.38. The molecule has 0 radical (unpaired) electrons. The Balaban J connectivity index is 1.51. The van der Waals surface area contributed by atoms with Crippen molar-refractivity contribution in [2.24, 2.45) is 11.3 Å². The molecule has 0 amide bonds. The molecule has 2 aromatic rings. The molecule has 2 aromatic heterocycles. The lowest BCUT2D eigenvalue weighted by Crippen LogP contribution is -2.57. The molecule has 1 aliphatic rings. The van der Waals surface area contributed by atoms with Crippen molar-refractivity contribution in [1.29, 1.82) is 0 Å². The zero-order valence-electron chi connectivity index (χ0n) is 13.8. The summed E-state index contributed by atoms with van der Waals surface area (Å²) < 4.78 is 5.24. The summed E-state index contributed by atoms with van der Waals surface area (Å²) in [7, 11) is 0. The fourth-order valence-corrected chi connectivity index (χ4v) is 3.38. The zero-order chi connectivity index (χ0) is 16.3. The smallest absolute Gasteiger partial charge is 0.139 e. The van der Waals surface area contributed by atoms with E-state index >= 15 is 0 Å². The van der Waals surface area contributed by atoms with Crippen LogP contribution in [0.4, 0.5) is 0 Å². The summed E-state index contributed by atoms with van der Waals surface area (Å²) in [5.74, 6) is 1.37. The Morgan fingerprint density at radius 3 is 3.00 bits per heavy atom. The Morgan fingerprint density at radius 1 is 1.43 bits per heavy atom. The first kappa shape index (κ1) is 16.1. The van der Waals surface area contributed by atoms with Gasteiger partial charge >= 0.3 is 0 Å². The molecule has 1 saturated carbocycles. The number of aliphatic hydroxyl groups excluding tert-OH is 1. The maximum atomic E-state index is 8.94. The van der Waals surface area contributed by atoms with Crippen molar-refractivity contribution >= 4 is 0 Å². The van der Waals surface area contributed by atoms with E-state index in [2.05, 4.69) is 35.4 Å². The van der Waals surface area contributed by atoms with E-state index in [0.29, 0.717) is 18.4 Å². The number of aromatic nitrogens is 2. The molecule has 0 spiro atoms. The minimum Gasteiger partial charge on any atom is -0.396 e. The third-order valence-electron chi connectivity index (χ3n) is 5.17. The van der Waals surface area contributed by atoms with Crippen molar-refractivity contribution in [2.45, 2.75) is 45.7 Å². The second kappa shape index (κ2) is 6.81. The lowest BCUT2D eigenvalue weighted by molar-refractivity contribution is 0.0125. The van der Waals surface area contributed by atoms with Crippen LogP contribution in [0.2, 0.25) is 0 Å². The van der Waals surface area contributed by atoms with E-state index in [1.54, 1.807) is 6.20 Å². The second-order valence-corrected chi connectivity index (χ2v) is 7.01. The molecule has 3 rings (SSSR count). The number of nitrogens with one attached hydrogen (secondary N) is 1. The Bertz CT molecular complexity index is 624. The number of pyridine rings is 1. The summed E-state index contributed by atoms with van der Waals surface area (Å²) in [6, 6.07) is 6.56. The first-order valence-electron chi connectivity index (χ1n) is 8.27. The molecular formula is C18H25N3O2. The van der Waals surface area contributed by atoms with E-state index in [1.165, 1.54) is 5.56 Å². The number of hydrogen-bond donors (Lipinski definition) is 2. The minimum atomic E-state index is 0.101. The first-order chi connectivity index (χ1) is 11.1. The van der Waals surface area contributed by atoms with Gasteiger partial charge in [0.15, 0.2) is 0 Å². The Kier molecular flexibility index (Phi) is 4.78. The maximum absolute atomic E-state index is 8.94. The molecular weight excluding hydrogens is 290 g/mol. The third kappa shape index (κ3) is 3.62. The molecule has 0 saturated heterocycles. The number of hydrogen-bond acceptors (Lipinski definition) is 5. The van der Waals surface area contributed by atoms with Gasteiger partial charge in [-0.2, -0.15) is 0 Å². The standard InChI is InChI=1S/C18H25N3O2/c1-18(2)14(8-15-10-16(5-7-22)23-21-15)9-17(18)20-12-13-4-3-6-19-11-13/h3-4,6,10-11,14,17,20,22H,5,7-9,12H2,1-2H3/t14-,17+/m1/s1. The van der Waals surface area contributed by atoms with Crippen LogP contribution in [0.25, 0.3) is 0 Å². The molecule has 5 nitrogen and oxygen atoms in total. The molecule has 23 heavy (non-hydrogen) atoms. The average molecular weight is 315 g/mol. The van der Waals surface area contributed by atoms with E-state index in [4.69, 9.17) is 9.63 Å². The average Bonchev–Trinajstić information content (AvgIpc) is 2.99. The molecule has 2 atom stereocenters. The van der Waals surface area contributed by atoms with Crippen LogP contribution in [0, 0.1) is 11.3 Å². The van der Waals surface area contributed by atoms with Crippen molar-refractivity contribution in [3.63, 3.8) is 0 Å². The fraction of sp³-hybridized carbons (Fsp3) is 0.556. The van der Waals surface area contributed by atoms with E-state index in [1.807, 2.05) is 18.3 Å². The molecule has 124 valence electrons. The summed E-state index contributed by atoms with van der Waals surface area (Å²) in [5.41, 5.74) is 2.45. The van der Waals surface area contributed by atoms with Gasteiger partial charge in [-0.1, -0.05) is 25.1 Å². The zero-order valence-corrected chi connectivity index (χ0v) is 13.8. The van der Waals surface area contributed by atoms with E-state index in [-0.39, 0.29) is 12.0 Å². The van der Waals surface area contributed by atoms with Gasteiger partial charge in [0.25, 0.3) is 0 Å². The van der Waals surface area contributed by atoms with Crippen molar-refractivity contribution in [3.8, 4) is 0 Å². The molecule has 0 unspecified atom stereocenters. The van der Waals surface area contributed by atoms with Crippen LogP contribution in [0.1, 0.15) is 37.3 Å². The molecule has 5 heteroatoms. The predicted octanol–water partition coefficient (Wildman–Crippen LogP) is 2.35.